The van der Waals surface area contributed by atoms with E-state index < -0.39 is 23.0 Å². The summed E-state index contributed by atoms with van der Waals surface area (Å²) in [4.78, 5) is 29.4. The van der Waals surface area contributed by atoms with Crippen LogP contribution in [0, 0.1) is 34.0 Å². The number of hydrogen-bond acceptors (Lipinski definition) is 6. The van der Waals surface area contributed by atoms with Crippen molar-refractivity contribution >= 4 is 23.5 Å². The Balaban J connectivity index is 1.39. The van der Waals surface area contributed by atoms with E-state index in [2.05, 4.69) is 46.2 Å². The molecule has 0 radical (unpaired) electrons. The maximum Gasteiger partial charge on any atom is 0.316 e. The second-order valence-electron chi connectivity index (χ2n) is 13.5. The Labute approximate surface area is 222 Å². The van der Waals surface area contributed by atoms with Gasteiger partial charge in [-0.25, -0.2) is 0 Å². The minimum atomic E-state index is -0.619. The number of ether oxygens (including phenoxy) is 1. The number of thioether (sulfide) groups is 1. The van der Waals surface area contributed by atoms with Crippen LogP contribution in [0.25, 0.3) is 0 Å². The number of carbonyl (C=O) groups is 2. The lowest BCUT2D eigenvalue weighted by atomic mass is 9.44. The fourth-order valence-electron chi connectivity index (χ4n) is 9.38. The molecule has 6 heteroatoms. The highest BCUT2D eigenvalue weighted by molar-refractivity contribution is 8.00. The SMILES string of the molecule is C=C[C@]1(C)C[C@@H](OC(=O)CSC2CC3CC[C@H](C2)N3C)C2(C)C(C)CCC3(CCC(=O)C32)[C@@H](C)[C@@H]1O. The zero-order chi connectivity index (χ0) is 26.0. The second-order valence-corrected chi connectivity index (χ2v) is 14.8. The van der Waals surface area contributed by atoms with Gasteiger partial charge in [0, 0.05) is 40.5 Å². The summed E-state index contributed by atoms with van der Waals surface area (Å²) in [7, 11) is 2.24. The van der Waals surface area contributed by atoms with Crippen LogP contribution in [0.1, 0.15) is 85.5 Å². The fraction of sp³-hybridized carbons (Fsp3) is 0.867. The van der Waals surface area contributed by atoms with Crippen LogP contribution in [0.2, 0.25) is 0 Å². The molecule has 5 aliphatic rings. The third kappa shape index (κ3) is 3.95. The van der Waals surface area contributed by atoms with E-state index in [1.165, 1.54) is 12.8 Å². The van der Waals surface area contributed by atoms with E-state index in [-0.39, 0.29) is 29.1 Å². The van der Waals surface area contributed by atoms with Gasteiger partial charge in [0.15, 0.2) is 0 Å². The van der Waals surface area contributed by atoms with Crippen molar-refractivity contribution in [2.45, 2.75) is 115 Å². The first kappa shape index (κ1) is 26.7. The number of esters is 1. The fourth-order valence-corrected chi connectivity index (χ4v) is 10.5. The Kier molecular flexibility index (Phi) is 6.99. The highest BCUT2D eigenvalue weighted by Crippen LogP contribution is 2.68. The predicted octanol–water partition coefficient (Wildman–Crippen LogP) is 5.25. The van der Waals surface area contributed by atoms with Crippen LogP contribution in [0.5, 0.6) is 0 Å². The van der Waals surface area contributed by atoms with Gasteiger partial charge in [-0.2, -0.15) is 0 Å². The van der Waals surface area contributed by atoms with Gasteiger partial charge in [-0.15, -0.1) is 18.3 Å². The zero-order valence-corrected chi connectivity index (χ0v) is 23.8. The van der Waals surface area contributed by atoms with Gasteiger partial charge in [-0.05, 0) is 75.7 Å². The van der Waals surface area contributed by atoms with Crippen LogP contribution in [0.15, 0.2) is 12.7 Å². The van der Waals surface area contributed by atoms with Gasteiger partial charge in [-0.3, -0.25) is 9.59 Å². The van der Waals surface area contributed by atoms with Crippen molar-refractivity contribution in [1.29, 1.82) is 0 Å². The van der Waals surface area contributed by atoms with Gasteiger partial charge in [0.05, 0.1) is 11.9 Å². The Morgan fingerprint density at radius 1 is 1.19 bits per heavy atom. The van der Waals surface area contributed by atoms with Gasteiger partial charge in [0.25, 0.3) is 0 Å². The lowest BCUT2D eigenvalue weighted by molar-refractivity contribution is -0.205. The summed E-state index contributed by atoms with van der Waals surface area (Å²) >= 11 is 1.76. The smallest absolute Gasteiger partial charge is 0.316 e. The Morgan fingerprint density at radius 3 is 2.50 bits per heavy atom. The summed E-state index contributed by atoms with van der Waals surface area (Å²) in [6.45, 7) is 12.8. The number of hydrogen-bond donors (Lipinski definition) is 1. The number of ketones is 1. The van der Waals surface area contributed by atoms with Crippen molar-refractivity contribution in [3.63, 3.8) is 0 Å². The van der Waals surface area contributed by atoms with Crippen LogP contribution in [-0.2, 0) is 14.3 Å². The van der Waals surface area contributed by atoms with E-state index in [1.807, 2.05) is 6.08 Å². The van der Waals surface area contributed by atoms with Crippen LogP contribution in [-0.4, -0.2) is 64.1 Å². The number of Topliss-reactive ketones (excluding diaryl/α,β-unsaturated/α-hetero) is 1. The maximum absolute atomic E-state index is 13.5. The minimum Gasteiger partial charge on any atom is -0.461 e. The maximum atomic E-state index is 13.5. The predicted molar refractivity (Wildman–Crippen MR) is 145 cm³/mol. The van der Waals surface area contributed by atoms with Crippen molar-refractivity contribution < 1.29 is 19.4 Å². The van der Waals surface area contributed by atoms with Crippen molar-refractivity contribution in [2.75, 3.05) is 12.8 Å². The molecule has 36 heavy (non-hydrogen) atoms. The van der Waals surface area contributed by atoms with E-state index >= 15 is 0 Å². The average Bonchev–Trinajstić information content (AvgIpc) is 3.28. The molecule has 2 heterocycles. The van der Waals surface area contributed by atoms with Crippen LogP contribution >= 0.6 is 11.8 Å². The first-order chi connectivity index (χ1) is 17.0. The number of aliphatic hydroxyl groups is 1. The van der Waals surface area contributed by atoms with Gasteiger partial charge in [0.2, 0.25) is 0 Å². The highest BCUT2D eigenvalue weighted by atomic mass is 32.2. The summed E-state index contributed by atoms with van der Waals surface area (Å²) in [5.41, 5.74) is -1.24. The molecule has 202 valence electrons. The molecule has 2 saturated heterocycles. The lowest BCUT2D eigenvalue weighted by Crippen LogP contribution is -2.63. The molecule has 0 spiro atoms. The zero-order valence-electron chi connectivity index (χ0n) is 23.0. The molecule has 2 aliphatic heterocycles. The number of rotatable bonds is 5. The number of fused-ring (bicyclic) bond motifs is 2. The molecule has 0 aromatic heterocycles. The van der Waals surface area contributed by atoms with E-state index in [1.54, 1.807) is 11.8 Å². The lowest BCUT2D eigenvalue weighted by Gasteiger charge is -2.61. The average molecular weight is 518 g/mol. The van der Waals surface area contributed by atoms with Crippen molar-refractivity contribution in [1.82, 2.24) is 4.90 Å². The van der Waals surface area contributed by atoms with E-state index in [0.29, 0.717) is 41.7 Å². The molecule has 5 fully saturated rings. The number of carbonyl (C=O) groups excluding carboxylic acids is 2. The number of aliphatic hydroxyl groups excluding tert-OH is 1. The van der Waals surface area contributed by atoms with Gasteiger partial charge in [-0.1, -0.05) is 33.8 Å². The van der Waals surface area contributed by atoms with Crippen molar-refractivity contribution in [3.05, 3.63) is 12.7 Å². The molecule has 3 saturated carbocycles. The first-order valence-electron chi connectivity index (χ1n) is 14.3. The summed E-state index contributed by atoms with van der Waals surface area (Å²) in [6, 6.07) is 1.31. The summed E-state index contributed by atoms with van der Waals surface area (Å²) in [5, 5.41) is 12.2. The molecule has 0 aromatic carbocycles. The molecule has 0 amide bonds. The molecule has 5 rings (SSSR count). The molecule has 0 aromatic rings. The second kappa shape index (κ2) is 9.41. The molecule has 11 atom stereocenters. The van der Waals surface area contributed by atoms with Crippen LogP contribution in [0.3, 0.4) is 0 Å². The molecule has 3 aliphatic carbocycles. The summed E-state index contributed by atoms with van der Waals surface area (Å²) < 4.78 is 6.42. The monoisotopic (exact) mass is 517 g/mol. The third-order valence-corrected chi connectivity index (χ3v) is 13.3. The topological polar surface area (TPSA) is 66.8 Å². The van der Waals surface area contributed by atoms with Gasteiger partial charge in [0.1, 0.15) is 11.9 Å². The first-order valence-corrected chi connectivity index (χ1v) is 15.4. The molecule has 4 bridgehead atoms. The minimum absolute atomic E-state index is 0.00390. The molecule has 1 N–H and O–H groups in total. The van der Waals surface area contributed by atoms with Crippen LogP contribution < -0.4 is 0 Å². The third-order valence-electron chi connectivity index (χ3n) is 12.1. The van der Waals surface area contributed by atoms with E-state index in [9.17, 15) is 14.7 Å². The Morgan fingerprint density at radius 2 is 1.86 bits per heavy atom. The van der Waals surface area contributed by atoms with E-state index in [0.717, 1.165) is 32.1 Å². The standard InChI is InChI=1S/C30H47NO4S/c1-7-28(4)16-24(35-25(33)17-36-22-14-20-8-9-21(15-22)31(20)6)29(5)18(2)10-12-30(19(3)27(28)34)13-11-23(32)26(29)30/h7,18-22,24,26-27,34H,1,8-17H2,2-6H3/t18?,19-,20+,21?,22?,24+,26?,27-,28+,29?,30?/m0/s1. The molecule has 6 unspecified atom stereocenters. The number of piperidine rings is 1. The Bertz CT molecular complexity index is 895. The normalized spacial score (nSPS) is 50.8. The van der Waals surface area contributed by atoms with Crippen LogP contribution in [0.4, 0.5) is 0 Å². The quantitative estimate of drug-likeness (QED) is 0.397. The summed E-state index contributed by atoms with van der Waals surface area (Å²) in [5.74, 6) is 0.605. The largest absolute Gasteiger partial charge is 0.461 e. The molecule has 5 nitrogen and oxygen atoms in total. The van der Waals surface area contributed by atoms with Gasteiger partial charge < -0.3 is 14.7 Å². The highest BCUT2D eigenvalue weighted by Gasteiger charge is 2.68. The van der Waals surface area contributed by atoms with Gasteiger partial charge >= 0.3 is 5.97 Å². The number of nitrogens with zero attached hydrogens (tertiary/aromatic N) is 1. The molecular formula is C30H47NO4S. The van der Waals surface area contributed by atoms with Crippen molar-refractivity contribution in [3.8, 4) is 0 Å². The molecular weight excluding hydrogens is 470 g/mol. The Hall–Kier alpha value is -0.850. The van der Waals surface area contributed by atoms with Crippen molar-refractivity contribution in [2.24, 2.45) is 34.0 Å². The van der Waals surface area contributed by atoms with E-state index in [4.69, 9.17) is 4.74 Å². The summed E-state index contributed by atoms with van der Waals surface area (Å²) in [6.07, 6.45) is 9.58.